The highest BCUT2D eigenvalue weighted by Crippen LogP contribution is 2.33. The van der Waals surface area contributed by atoms with E-state index in [0.717, 1.165) is 5.01 Å². The highest BCUT2D eigenvalue weighted by molar-refractivity contribution is 7.09. The number of rotatable bonds is 3. The van der Waals surface area contributed by atoms with Crippen molar-refractivity contribution in [2.24, 2.45) is 11.8 Å². The lowest BCUT2D eigenvalue weighted by atomic mass is 9.85. The Kier molecular flexibility index (Phi) is 3.40. The SMILES string of the molecule is CC1OC(C)C(C(=O)Cc2nccs2)C1C. The first kappa shape index (κ1) is 11.7. The fourth-order valence-corrected chi connectivity index (χ4v) is 3.05. The molecule has 1 aliphatic rings. The predicted molar refractivity (Wildman–Crippen MR) is 63.5 cm³/mol. The fraction of sp³-hybridized carbons (Fsp3) is 0.667. The van der Waals surface area contributed by atoms with Gasteiger partial charge in [-0.3, -0.25) is 4.79 Å². The van der Waals surface area contributed by atoms with Gasteiger partial charge in [-0.25, -0.2) is 4.98 Å². The maximum atomic E-state index is 12.2. The van der Waals surface area contributed by atoms with E-state index in [1.165, 1.54) is 0 Å². The minimum absolute atomic E-state index is 0.0268. The molecule has 1 saturated heterocycles. The molecule has 4 atom stereocenters. The summed E-state index contributed by atoms with van der Waals surface area (Å²) in [6.07, 6.45) is 2.42. The van der Waals surface area contributed by atoms with Crippen molar-refractivity contribution in [2.45, 2.75) is 39.4 Å². The molecule has 0 aromatic carbocycles. The average molecular weight is 239 g/mol. The van der Waals surface area contributed by atoms with Gasteiger partial charge in [-0.05, 0) is 19.8 Å². The van der Waals surface area contributed by atoms with E-state index in [9.17, 15) is 4.79 Å². The van der Waals surface area contributed by atoms with Crippen LogP contribution in [0.5, 0.6) is 0 Å². The second-order valence-corrected chi connectivity index (χ2v) is 5.48. The summed E-state index contributed by atoms with van der Waals surface area (Å²) in [5.74, 6) is 0.598. The van der Waals surface area contributed by atoms with Crippen LogP contribution >= 0.6 is 11.3 Å². The van der Waals surface area contributed by atoms with E-state index in [2.05, 4.69) is 11.9 Å². The van der Waals surface area contributed by atoms with Crippen LogP contribution in [0.25, 0.3) is 0 Å². The topological polar surface area (TPSA) is 39.2 Å². The lowest BCUT2D eigenvalue weighted by Gasteiger charge is -2.16. The van der Waals surface area contributed by atoms with Crippen LogP contribution in [-0.4, -0.2) is 23.0 Å². The maximum absolute atomic E-state index is 12.2. The van der Waals surface area contributed by atoms with Gasteiger partial charge in [0.05, 0.1) is 23.6 Å². The first-order valence-corrected chi connectivity index (χ1v) is 6.54. The molecule has 0 amide bonds. The van der Waals surface area contributed by atoms with Crippen molar-refractivity contribution in [3.8, 4) is 0 Å². The minimum Gasteiger partial charge on any atom is -0.375 e. The number of hydrogen-bond donors (Lipinski definition) is 0. The van der Waals surface area contributed by atoms with Gasteiger partial charge in [0, 0.05) is 17.5 Å². The number of ketones is 1. The number of Topliss-reactive ketones (excluding diaryl/α,β-unsaturated/α-hetero) is 1. The standard InChI is InChI=1S/C12H17NO2S/c1-7-8(2)15-9(3)12(7)10(14)6-11-13-4-5-16-11/h4-5,7-9,12H,6H2,1-3H3. The molecule has 0 spiro atoms. The second kappa shape index (κ2) is 4.63. The van der Waals surface area contributed by atoms with Crippen LogP contribution in [-0.2, 0) is 16.0 Å². The van der Waals surface area contributed by atoms with Crippen LogP contribution in [0, 0.1) is 11.8 Å². The lowest BCUT2D eigenvalue weighted by molar-refractivity contribution is -0.124. The monoisotopic (exact) mass is 239 g/mol. The Morgan fingerprint density at radius 2 is 2.19 bits per heavy atom. The summed E-state index contributed by atoms with van der Waals surface area (Å²) in [5.41, 5.74) is 0. The molecule has 2 heterocycles. The van der Waals surface area contributed by atoms with Gasteiger partial charge in [-0.2, -0.15) is 0 Å². The van der Waals surface area contributed by atoms with Crippen molar-refractivity contribution in [1.29, 1.82) is 0 Å². The third-order valence-corrected chi connectivity index (χ3v) is 4.20. The molecule has 0 radical (unpaired) electrons. The van der Waals surface area contributed by atoms with E-state index in [-0.39, 0.29) is 23.9 Å². The minimum atomic E-state index is 0.0268. The smallest absolute Gasteiger partial charge is 0.145 e. The number of hydrogen-bond acceptors (Lipinski definition) is 4. The van der Waals surface area contributed by atoms with Gasteiger partial charge in [-0.1, -0.05) is 6.92 Å². The zero-order valence-corrected chi connectivity index (χ0v) is 10.7. The van der Waals surface area contributed by atoms with Crippen molar-refractivity contribution in [3.05, 3.63) is 16.6 Å². The Hall–Kier alpha value is -0.740. The quantitative estimate of drug-likeness (QED) is 0.812. The molecule has 4 heteroatoms. The summed E-state index contributed by atoms with van der Waals surface area (Å²) in [6, 6.07) is 0. The van der Waals surface area contributed by atoms with Gasteiger partial charge < -0.3 is 4.74 Å². The average Bonchev–Trinajstić information content (AvgIpc) is 2.77. The lowest BCUT2D eigenvalue weighted by Crippen LogP contribution is -2.28. The van der Waals surface area contributed by atoms with E-state index in [1.807, 2.05) is 19.2 Å². The normalized spacial score (nSPS) is 34.2. The van der Waals surface area contributed by atoms with Crippen molar-refractivity contribution < 1.29 is 9.53 Å². The van der Waals surface area contributed by atoms with Crippen LogP contribution in [0.4, 0.5) is 0 Å². The van der Waals surface area contributed by atoms with Gasteiger partial charge in [0.2, 0.25) is 0 Å². The maximum Gasteiger partial charge on any atom is 0.145 e. The van der Waals surface area contributed by atoms with Gasteiger partial charge in [0.25, 0.3) is 0 Å². The number of nitrogens with zero attached hydrogens (tertiary/aromatic N) is 1. The fourth-order valence-electron chi connectivity index (χ4n) is 2.43. The Balaban J connectivity index is 2.04. The third kappa shape index (κ3) is 2.18. The number of ether oxygens (including phenoxy) is 1. The summed E-state index contributed by atoms with van der Waals surface area (Å²) in [4.78, 5) is 16.3. The van der Waals surface area contributed by atoms with Gasteiger partial charge in [-0.15, -0.1) is 11.3 Å². The van der Waals surface area contributed by atoms with Crippen LogP contribution in [0.2, 0.25) is 0 Å². The molecular formula is C12H17NO2S. The van der Waals surface area contributed by atoms with E-state index in [1.54, 1.807) is 17.5 Å². The number of aromatic nitrogens is 1. The van der Waals surface area contributed by atoms with E-state index < -0.39 is 0 Å². The summed E-state index contributed by atoms with van der Waals surface area (Å²) in [5, 5.41) is 2.81. The van der Waals surface area contributed by atoms with E-state index >= 15 is 0 Å². The molecule has 88 valence electrons. The highest BCUT2D eigenvalue weighted by Gasteiger charge is 2.41. The van der Waals surface area contributed by atoms with Crippen molar-refractivity contribution in [3.63, 3.8) is 0 Å². The zero-order chi connectivity index (χ0) is 11.7. The molecule has 1 aromatic rings. The molecule has 4 unspecified atom stereocenters. The zero-order valence-electron chi connectivity index (χ0n) is 9.84. The molecule has 1 aromatic heterocycles. The molecule has 0 saturated carbocycles. The largest absolute Gasteiger partial charge is 0.375 e. The number of carbonyl (C=O) groups excluding carboxylic acids is 1. The highest BCUT2D eigenvalue weighted by atomic mass is 32.1. The molecule has 3 nitrogen and oxygen atoms in total. The Bertz CT molecular complexity index is 363. The third-order valence-electron chi connectivity index (χ3n) is 3.42. The molecule has 1 fully saturated rings. The summed E-state index contributed by atoms with van der Waals surface area (Å²) < 4.78 is 5.69. The van der Waals surface area contributed by atoms with Crippen LogP contribution in [0.3, 0.4) is 0 Å². The second-order valence-electron chi connectivity index (χ2n) is 4.50. The number of carbonyl (C=O) groups is 1. The van der Waals surface area contributed by atoms with E-state index in [4.69, 9.17) is 4.74 Å². The van der Waals surface area contributed by atoms with Crippen molar-refractivity contribution >= 4 is 17.1 Å². The van der Waals surface area contributed by atoms with Crippen LogP contribution in [0.1, 0.15) is 25.8 Å². The van der Waals surface area contributed by atoms with Crippen LogP contribution in [0.15, 0.2) is 11.6 Å². The Labute approximate surface area is 99.8 Å². The molecule has 0 N–H and O–H groups in total. The molecule has 0 bridgehead atoms. The Morgan fingerprint density at radius 1 is 1.44 bits per heavy atom. The first-order chi connectivity index (χ1) is 7.59. The van der Waals surface area contributed by atoms with Crippen molar-refractivity contribution in [2.75, 3.05) is 0 Å². The van der Waals surface area contributed by atoms with E-state index in [0.29, 0.717) is 12.3 Å². The molecule has 2 rings (SSSR count). The Morgan fingerprint density at radius 3 is 2.69 bits per heavy atom. The molecule has 16 heavy (non-hydrogen) atoms. The summed E-state index contributed by atoms with van der Waals surface area (Å²) >= 11 is 1.54. The summed E-state index contributed by atoms with van der Waals surface area (Å²) in [7, 11) is 0. The van der Waals surface area contributed by atoms with Gasteiger partial charge in [0.15, 0.2) is 0 Å². The van der Waals surface area contributed by atoms with Gasteiger partial charge >= 0.3 is 0 Å². The van der Waals surface area contributed by atoms with Gasteiger partial charge in [0.1, 0.15) is 5.78 Å². The summed E-state index contributed by atoms with van der Waals surface area (Å²) in [6.45, 7) is 6.13. The number of thiazole rings is 1. The molecule has 1 aliphatic heterocycles. The van der Waals surface area contributed by atoms with Crippen molar-refractivity contribution in [1.82, 2.24) is 4.98 Å². The first-order valence-electron chi connectivity index (χ1n) is 5.66. The predicted octanol–water partition coefficient (Wildman–Crippen LogP) is 2.31. The molecule has 0 aliphatic carbocycles. The molecular weight excluding hydrogens is 222 g/mol. The van der Waals surface area contributed by atoms with Crippen LogP contribution < -0.4 is 0 Å².